The SMILES string of the molecule is CC(Cc1ccc(Cl)cc1)C(=O)NC(Cn1cnc2cc(F)c(F)cc21)C(=O)O. The summed E-state index contributed by atoms with van der Waals surface area (Å²) in [5.74, 6) is -4.27. The van der Waals surface area contributed by atoms with Crippen molar-refractivity contribution in [3.05, 3.63) is 64.9 Å². The van der Waals surface area contributed by atoms with E-state index in [-0.39, 0.29) is 17.6 Å². The highest BCUT2D eigenvalue weighted by atomic mass is 35.5. The third-order valence-electron chi connectivity index (χ3n) is 4.56. The molecule has 0 spiro atoms. The molecule has 3 aromatic rings. The average Bonchev–Trinajstić information content (AvgIpc) is 3.04. The van der Waals surface area contributed by atoms with Gasteiger partial charge in [0.25, 0.3) is 0 Å². The molecular weight excluding hydrogens is 404 g/mol. The summed E-state index contributed by atoms with van der Waals surface area (Å²) in [6.07, 6.45) is 1.69. The highest BCUT2D eigenvalue weighted by Gasteiger charge is 2.24. The topological polar surface area (TPSA) is 84.2 Å². The molecule has 0 aliphatic carbocycles. The fourth-order valence-electron chi connectivity index (χ4n) is 2.96. The summed E-state index contributed by atoms with van der Waals surface area (Å²) in [6, 6.07) is 7.64. The molecule has 29 heavy (non-hydrogen) atoms. The summed E-state index contributed by atoms with van der Waals surface area (Å²) < 4.78 is 28.2. The number of carboxylic acid groups (broad SMARTS) is 1. The molecule has 0 aliphatic heterocycles. The lowest BCUT2D eigenvalue weighted by atomic mass is 10.00. The van der Waals surface area contributed by atoms with Crippen molar-refractivity contribution in [2.45, 2.75) is 25.9 Å². The monoisotopic (exact) mass is 421 g/mol. The van der Waals surface area contributed by atoms with E-state index in [2.05, 4.69) is 10.3 Å². The molecule has 2 aromatic carbocycles. The molecule has 0 bridgehead atoms. The highest BCUT2D eigenvalue weighted by Crippen LogP contribution is 2.18. The third kappa shape index (κ3) is 4.89. The number of hydrogen-bond acceptors (Lipinski definition) is 3. The molecule has 2 N–H and O–H groups in total. The number of benzene rings is 2. The molecule has 1 amide bonds. The second-order valence-corrected chi connectivity index (χ2v) is 7.22. The van der Waals surface area contributed by atoms with E-state index < -0.39 is 35.5 Å². The van der Waals surface area contributed by atoms with Crippen LogP contribution in [0.3, 0.4) is 0 Å². The maximum Gasteiger partial charge on any atom is 0.328 e. The van der Waals surface area contributed by atoms with E-state index >= 15 is 0 Å². The van der Waals surface area contributed by atoms with Crippen molar-refractivity contribution in [2.24, 2.45) is 5.92 Å². The van der Waals surface area contributed by atoms with E-state index in [1.54, 1.807) is 31.2 Å². The number of nitrogens with zero attached hydrogens (tertiary/aromatic N) is 2. The first-order valence-corrected chi connectivity index (χ1v) is 9.20. The lowest BCUT2D eigenvalue weighted by Crippen LogP contribution is -2.45. The zero-order chi connectivity index (χ0) is 21.1. The van der Waals surface area contributed by atoms with E-state index in [1.165, 1.54) is 10.9 Å². The Morgan fingerprint density at radius 2 is 1.86 bits per heavy atom. The van der Waals surface area contributed by atoms with Gasteiger partial charge in [-0.3, -0.25) is 4.79 Å². The van der Waals surface area contributed by atoms with Gasteiger partial charge in [0.05, 0.1) is 23.9 Å². The number of aliphatic carboxylic acids is 1. The summed E-state index contributed by atoms with van der Waals surface area (Å²) in [4.78, 5) is 28.1. The van der Waals surface area contributed by atoms with Gasteiger partial charge in [0.2, 0.25) is 5.91 Å². The summed E-state index contributed by atoms with van der Waals surface area (Å²) in [5, 5.41) is 12.6. The zero-order valence-corrected chi connectivity index (χ0v) is 16.2. The Hall–Kier alpha value is -3.00. The van der Waals surface area contributed by atoms with E-state index in [4.69, 9.17) is 11.6 Å². The van der Waals surface area contributed by atoms with Crippen molar-refractivity contribution < 1.29 is 23.5 Å². The van der Waals surface area contributed by atoms with E-state index in [9.17, 15) is 23.5 Å². The van der Waals surface area contributed by atoms with Crippen LogP contribution in [-0.2, 0) is 22.6 Å². The molecule has 2 unspecified atom stereocenters. The van der Waals surface area contributed by atoms with Gasteiger partial charge >= 0.3 is 5.97 Å². The van der Waals surface area contributed by atoms with Crippen LogP contribution in [-0.4, -0.2) is 32.6 Å². The lowest BCUT2D eigenvalue weighted by Gasteiger charge is -2.19. The predicted octanol–water partition coefficient (Wildman–Crippen LogP) is 3.42. The van der Waals surface area contributed by atoms with Crippen LogP contribution in [0.25, 0.3) is 11.0 Å². The molecule has 152 valence electrons. The third-order valence-corrected chi connectivity index (χ3v) is 4.81. The number of aromatic nitrogens is 2. The molecule has 2 atom stereocenters. The first-order valence-electron chi connectivity index (χ1n) is 8.82. The summed E-state index contributed by atoms with van der Waals surface area (Å²) in [7, 11) is 0. The van der Waals surface area contributed by atoms with Crippen LogP contribution < -0.4 is 5.32 Å². The number of rotatable bonds is 7. The van der Waals surface area contributed by atoms with Crippen molar-refractivity contribution in [3.8, 4) is 0 Å². The van der Waals surface area contributed by atoms with Crippen molar-refractivity contribution in [3.63, 3.8) is 0 Å². The Balaban J connectivity index is 1.71. The van der Waals surface area contributed by atoms with Gasteiger partial charge in [-0.25, -0.2) is 18.6 Å². The Morgan fingerprint density at radius 3 is 2.52 bits per heavy atom. The summed E-state index contributed by atoms with van der Waals surface area (Å²) in [5.41, 5.74) is 1.32. The number of hydrogen-bond donors (Lipinski definition) is 2. The van der Waals surface area contributed by atoms with E-state index in [1.807, 2.05) is 0 Å². The number of carbonyl (C=O) groups is 2. The Bertz CT molecular complexity index is 1050. The number of imidazole rings is 1. The first-order chi connectivity index (χ1) is 13.7. The van der Waals surface area contributed by atoms with Crippen molar-refractivity contribution in [1.29, 1.82) is 0 Å². The van der Waals surface area contributed by atoms with Crippen molar-refractivity contribution in [1.82, 2.24) is 14.9 Å². The molecule has 0 aliphatic rings. The minimum Gasteiger partial charge on any atom is -0.480 e. The summed E-state index contributed by atoms with van der Waals surface area (Å²) in [6.45, 7) is 1.50. The molecule has 0 fully saturated rings. The van der Waals surface area contributed by atoms with Crippen LogP contribution in [0.5, 0.6) is 0 Å². The van der Waals surface area contributed by atoms with Crippen molar-refractivity contribution >= 4 is 34.5 Å². The van der Waals surface area contributed by atoms with Gasteiger partial charge in [-0.05, 0) is 24.1 Å². The van der Waals surface area contributed by atoms with Gasteiger partial charge in [-0.1, -0.05) is 30.7 Å². The largest absolute Gasteiger partial charge is 0.480 e. The second-order valence-electron chi connectivity index (χ2n) is 6.78. The van der Waals surface area contributed by atoms with Crippen molar-refractivity contribution in [2.75, 3.05) is 0 Å². The normalized spacial score (nSPS) is 13.2. The minimum absolute atomic E-state index is 0.184. The highest BCUT2D eigenvalue weighted by molar-refractivity contribution is 6.30. The average molecular weight is 422 g/mol. The van der Waals surface area contributed by atoms with E-state index in [0.717, 1.165) is 17.7 Å². The van der Waals surface area contributed by atoms with Gasteiger partial charge in [-0.15, -0.1) is 0 Å². The molecular formula is C20H18ClF2N3O3. The Labute approximate surface area is 170 Å². The number of carboxylic acids is 1. The molecule has 6 nitrogen and oxygen atoms in total. The van der Waals surface area contributed by atoms with Gasteiger partial charge in [0, 0.05) is 23.1 Å². The van der Waals surface area contributed by atoms with Crippen LogP contribution in [0.2, 0.25) is 5.02 Å². The van der Waals surface area contributed by atoms with Crippen LogP contribution in [0.15, 0.2) is 42.7 Å². The lowest BCUT2D eigenvalue weighted by molar-refractivity contribution is -0.142. The van der Waals surface area contributed by atoms with E-state index in [0.29, 0.717) is 11.4 Å². The fourth-order valence-corrected chi connectivity index (χ4v) is 3.09. The van der Waals surface area contributed by atoms with Gasteiger partial charge in [-0.2, -0.15) is 0 Å². The number of nitrogens with one attached hydrogen (secondary N) is 1. The van der Waals surface area contributed by atoms with Crippen LogP contribution >= 0.6 is 11.6 Å². The zero-order valence-electron chi connectivity index (χ0n) is 15.4. The molecule has 0 saturated heterocycles. The van der Waals surface area contributed by atoms with Crippen LogP contribution in [0.4, 0.5) is 8.78 Å². The van der Waals surface area contributed by atoms with Gasteiger partial charge < -0.3 is 15.0 Å². The Kier molecular flexibility index (Phi) is 6.12. The standard InChI is InChI=1S/C20H18ClF2N3O3/c1-11(6-12-2-4-13(21)5-3-12)19(27)25-17(20(28)29)9-26-10-24-16-7-14(22)15(23)8-18(16)26/h2-5,7-8,10-11,17H,6,9H2,1H3,(H,25,27)(H,28,29). The molecule has 9 heteroatoms. The molecule has 1 aromatic heterocycles. The maximum absolute atomic E-state index is 13.5. The number of amides is 1. The molecule has 1 heterocycles. The second kappa shape index (κ2) is 8.57. The van der Waals surface area contributed by atoms with Crippen LogP contribution in [0.1, 0.15) is 12.5 Å². The first kappa shape index (κ1) is 20.7. The Morgan fingerprint density at radius 1 is 1.21 bits per heavy atom. The molecule has 3 rings (SSSR count). The smallest absolute Gasteiger partial charge is 0.328 e. The quantitative estimate of drug-likeness (QED) is 0.612. The number of carbonyl (C=O) groups excluding carboxylic acids is 1. The predicted molar refractivity (Wildman–Crippen MR) is 104 cm³/mol. The number of halogens is 3. The van der Waals surface area contributed by atoms with Gasteiger partial charge in [0.1, 0.15) is 6.04 Å². The fraction of sp³-hybridized carbons (Fsp3) is 0.250. The molecule has 0 radical (unpaired) electrons. The van der Waals surface area contributed by atoms with Gasteiger partial charge in [0.15, 0.2) is 11.6 Å². The summed E-state index contributed by atoms with van der Waals surface area (Å²) >= 11 is 5.85. The van der Waals surface area contributed by atoms with Crippen LogP contribution in [0, 0.1) is 17.6 Å². The number of fused-ring (bicyclic) bond motifs is 1. The maximum atomic E-state index is 13.5. The minimum atomic E-state index is -1.26. The molecule has 0 saturated carbocycles.